The molecule has 4 rings (SSSR count). The molecule has 2 saturated heterocycles. The number of carbonyl (C=O) groups excluding carboxylic acids is 2. The number of carbonyl (C=O) groups is 2. The Labute approximate surface area is 142 Å². The number of hydrogen-bond donors (Lipinski definition) is 0. The maximum absolute atomic E-state index is 12.0. The number of rotatable bonds is 7. The van der Waals surface area contributed by atoms with Crippen molar-refractivity contribution >= 4 is 11.9 Å². The smallest absolute Gasteiger partial charge is 0.309 e. The molecular formula is C18H26O6. The van der Waals surface area contributed by atoms with E-state index >= 15 is 0 Å². The molecule has 0 N–H and O–H groups in total. The number of ether oxygens (including phenoxy) is 4. The largest absolute Gasteiger partial charge is 0.465 e. The second-order valence-electron chi connectivity index (χ2n) is 7.49. The SMILES string of the molecule is O=C(OCCCCOC(=O)C1CCC2OC2C1)C1CCC2OC2C1. The van der Waals surface area contributed by atoms with Crippen molar-refractivity contribution in [1.29, 1.82) is 0 Å². The summed E-state index contributed by atoms with van der Waals surface area (Å²) in [6.07, 6.45) is 8.22. The van der Waals surface area contributed by atoms with E-state index in [2.05, 4.69) is 0 Å². The van der Waals surface area contributed by atoms with E-state index in [1.165, 1.54) is 0 Å². The molecule has 2 aliphatic carbocycles. The van der Waals surface area contributed by atoms with E-state index in [9.17, 15) is 9.59 Å². The molecular weight excluding hydrogens is 312 g/mol. The van der Waals surface area contributed by atoms with Gasteiger partial charge in [0.15, 0.2) is 0 Å². The van der Waals surface area contributed by atoms with Crippen LogP contribution in [0.3, 0.4) is 0 Å². The van der Waals surface area contributed by atoms with Crippen LogP contribution in [0.15, 0.2) is 0 Å². The molecule has 134 valence electrons. The van der Waals surface area contributed by atoms with Gasteiger partial charge < -0.3 is 18.9 Å². The Morgan fingerprint density at radius 1 is 0.708 bits per heavy atom. The molecule has 6 nitrogen and oxygen atoms in total. The zero-order chi connectivity index (χ0) is 16.5. The van der Waals surface area contributed by atoms with Gasteiger partial charge in [0.1, 0.15) is 0 Å². The molecule has 0 amide bonds. The lowest BCUT2D eigenvalue weighted by Crippen LogP contribution is -2.25. The Bertz CT molecular complexity index is 448. The van der Waals surface area contributed by atoms with Crippen LogP contribution in [0.25, 0.3) is 0 Å². The van der Waals surface area contributed by atoms with Crippen molar-refractivity contribution in [3.8, 4) is 0 Å². The lowest BCUT2D eigenvalue weighted by molar-refractivity contribution is -0.152. The predicted molar refractivity (Wildman–Crippen MR) is 83.2 cm³/mol. The maximum atomic E-state index is 12.0. The number of hydrogen-bond acceptors (Lipinski definition) is 6. The molecule has 6 heteroatoms. The molecule has 0 bridgehead atoms. The van der Waals surface area contributed by atoms with Crippen LogP contribution in [0.2, 0.25) is 0 Å². The van der Waals surface area contributed by atoms with E-state index in [4.69, 9.17) is 18.9 Å². The third-order valence-electron chi connectivity index (χ3n) is 5.70. The van der Waals surface area contributed by atoms with Gasteiger partial charge in [-0.2, -0.15) is 0 Å². The van der Waals surface area contributed by atoms with E-state index < -0.39 is 0 Å². The van der Waals surface area contributed by atoms with E-state index in [0.29, 0.717) is 37.6 Å². The average Bonchev–Trinajstić information content (AvgIpc) is 3.49. The van der Waals surface area contributed by atoms with E-state index in [1.54, 1.807) is 0 Å². The number of unbranched alkanes of at least 4 members (excludes halogenated alkanes) is 1. The molecule has 6 atom stereocenters. The van der Waals surface area contributed by atoms with Gasteiger partial charge in [0.25, 0.3) is 0 Å². The highest BCUT2D eigenvalue weighted by molar-refractivity contribution is 5.73. The van der Waals surface area contributed by atoms with Gasteiger partial charge in [-0.1, -0.05) is 0 Å². The summed E-state index contributed by atoms with van der Waals surface area (Å²) in [5.74, 6) is -0.179. The molecule has 0 aromatic carbocycles. The summed E-state index contributed by atoms with van der Waals surface area (Å²) in [7, 11) is 0. The molecule has 4 fully saturated rings. The molecule has 2 aliphatic heterocycles. The van der Waals surface area contributed by atoms with Crippen LogP contribution < -0.4 is 0 Å². The molecule has 0 spiro atoms. The fourth-order valence-corrected chi connectivity index (χ4v) is 4.02. The number of fused-ring (bicyclic) bond motifs is 2. The van der Waals surface area contributed by atoms with Crippen LogP contribution in [0, 0.1) is 11.8 Å². The summed E-state index contributed by atoms with van der Waals surface area (Å²) in [5, 5.41) is 0. The Balaban J connectivity index is 1.03. The van der Waals surface area contributed by atoms with Crippen LogP contribution in [0.4, 0.5) is 0 Å². The minimum atomic E-state index is -0.0952. The topological polar surface area (TPSA) is 77.7 Å². The first-order chi connectivity index (χ1) is 11.7. The fraction of sp³-hybridized carbons (Fsp3) is 0.889. The molecule has 6 unspecified atom stereocenters. The summed E-state index contributed by atoms with van der Waals surface area (Å²) in [6, 6.07) is 0. The Kier molecular flexibility index (Phi) is 4.77. The zero-order valence-corrected chi connectivity index (χ0v) is 14.0. The molecule has 0 radical (unpaired) electrons. The molecule has 2 saturated carbocycles. The monoisotopic (exact) mass is 338 g/mol. The van der Waals surface area contributed by atoms with Crippen LogP contribution >= 0.6 is 0 Å². The zero-order valence-electron chi connectivity index (χ0n) is 14.0. The van der Waals surface area contributed by atoms with Gasteiger partial charge >= 0.3 is 11.9 Å². The highest BCUT2D eigenvalue weighted by Crippen LogP contribution is 2.40. The van der Waals surface area contributed by atoms with Gasteiger partial charge in [-0.3, -0.25) is 9.59 Å². The van der Waals surface area contributed by atoms with Gasteiger partial charge in [-0.05, 0) is 51.4 Å². The standard InChI is InChI=1S/C18H26O6/c19-17(11-3-5-13-15(9-11)23-13)21-7-1-2-8-22-18(20)12-4-6-14-16(10-12)24-14/h11-16H,1-10H2. The van der Waals surface area contributed by atoms with Crippen molar-refractivity contribution in [2.24, 2.45) is 11.8 Å². The number of esters is 2. The van der Waals surface area contributed by atoms with Gasteiger partial charge in [0.2, 0.25) is 0 Å². The Hall–Kier alpha value is -1.14. The fourth-order valence-electron chi connectivity index (χ4n) is 4.02. The van der Waals surface area contributed by atoms with Crippen molar-refractivity contribution in [3.63, 3.8) is 0 Å². The van der Waals surface area contributed by atoms with Crippen molar-refractivity contribution in [1.82, 2.24) is 0 Å². The third kappa shape index (κ3) is 3.91. The minimum absolute atomic E-state index is 0.00588. The summed E-state index contributed by atoms with van der Waals surface area (Å²) in [5.41, 5.74) is 0. The summed E-state index contributed by atoms with van der Waals surface area (Å²) < 4.78 is 21.5. The van der Waals surface area contributed by atoms with E-state index in [1.807, 2.05) is 0 Å². The van der Waals surface area contributed by atoms with Crippen molar-refractivity contribution < 1.29 is 28.5 Å². The molecule has 4 aliphatic rings. The van der Waals surface area contributed by atoms with Crippen molar-refractivity contribution in [2.75, 3.05) is 13.2 Å². The molecule has 24 heavy (non-hydrogen) atoms. The minimum Gasteiger partial charge on any atom is -0.465 e. The second kappa shape index (κ2) is 7.00. The first-order valence-electron chi connectivity index (χ1n) is 9.35. The van der Waals surface area contributed by atoms with Gasteiger partial charge in [0, 0.05) is 0 Å². The molecule has 0 aromatic heterocycles. The van der Waals surface area contributed by atoms with E-state index in [0.717, 1.165) is 51.4 Å². The van der Waals surface area contributed by atoms with Crippen LogP contribution in [-0.2, 0) is 28.5 Å². The highest BCUT2D eigenvalue weighted by Gasteiger charge is 2.46. The Morgan fingerprint density at radius 2 is 1.17 bits per heavy atom. The summed E-state index contributed by atoms with van der Waals surface area (Å²) in [4.78, 5) is 23.9. The normalized spacial score (nSPS) is 39.3. The van der Waals surface area contributed by atoms with Crippen molar-refractivity contribution in [3.05, 3.63) is 0 Å². The average molecular weight is 338 g/mol. The number of epoxide rings is 2. The van der Waals surface area contributed by atoms with Crippen LogP contribution in [-0.4, -0.2) is 49.6 Å². The highest BCUT2D eigenvalue weighted by atomic mass is 16.6. The molecule has 2 heterocycles. The van der Waals surface area contributed by atoms with Crippen LogP contribution in [0.5, 0.6) is 0 Å². The predicted octanol–water partition coefficient (Wildman–Crippen LogP) is 1.99. The third-order valence-corrected chi connectivity index (χ3v) is 5.70. The van der Waals surface area contributed by atoms with Gasteiger partial charge in [0.05, 0.1) is 49.5 Å². The van der Waals surface area contributed by atoms with E-state index in [-0.39, 0.29) is 23.8 Å². The van der Waals surface area contributed by atoms with Gasteiger partial charge in [-0.15, -0.1) is 0 Å². The second-order valence-corrected chi connectivity index (χ2v) is 7.49. The van der Waals surface area contributed by atoms with Crippen molar-refractivity contribution in [2.45, 2.75) is 75.8 Å². The quantitative estimate of drug-likeness (QED) is 0.401. The maximum Gasteiger partial charge on any atom is 0.309 e. The summed E-state index contributed by atoms with van der Waals surface area (Å²) >= 11 is 0. The van der Waals surface area contributed by atoms with Crippen LogP contribution in [0.1, 0.15) is 51.4 Å². The molecule has 0 aromatic rings. The Morgan fingerprint density at radius 3 is 1.58 bits per heavy atom. The first kappa shape index (κ1) is 16.3. The summed E-state index contributed by atoms with van der Waals surface area (Å²) in [6.45, 7) is 0.811. The lowest BCUT2D eigenvalue weighted by Gasteiger charge is -2.18. The van der Waals surface area contributed by atoms with Gasteiger partial charge in [-0.25, -0.2) is 0 Å². The first-order valence-corrected chi connectivity index (χ1v) is 9.35. The lowest BCUT2D eigenvalue weighted by atomic mass is 9.89.